The molecule has 2 saturated heterocycles. The van der Waals surface area contributed by atoms with Crippen molar-refractivity contribution < 1.29 is 117 Å². The van der Waals surface area contributed by atoms with Crippen LogP contribution < -0.4 is 0 Å². The largest absolute Gasteiger partial charge is 0.472 e. The van der Waals surface area contributed by atoms with Crippen molar-refractivity contribution in [3.63, 3.8) is 0 Å². The zero-order chi connectivity index (χ0) is 70.4. The van der Waals surface area contributed by atoms with Gasteiger partial charge in [-0.2, -0.15) is 0 Å². The molecule has 1 aliphatic carbocycles. The number of rotatable bonds is 56. The molecule has 2 aliphatic heterocycles. The lowest BCUT2D eigenvalue weighted by molar-refractivity contribution is -0.360. The van der Waals surface area contributed by atoms with Gasteiger partial charge in [-0.1, -0.05) is 231 Å². The topological polar surface area (TPSA) is 374 Å². The maximum atomic E-state index is 14.3. The van der Waals surface area contributed by atoms with Crippen molar-refractivity contribution in [2.24, 2.45) is 0 Å². The number of aliphatic hydroxyl groups is 10. The number of phosphoric ester groups is 1. The van der Waals surface area contributed by atoms with Crippen LogP contribution in [0.15, 0.2) is 36.5 Å². The lowest BCUT2D eigenvalue weighted by Gasteiger charge is -2.49. The van der Waals surface area contributed by atoms with Crippen molar-refractivity contribution in [2.75, 3.05) is 26.4 Å². The maximum Gasteiger partial charge on any atom is 0.472 e. The molecule has 25 heteroatoms. The Morgan fingerprint density at radius 3 is 1.25 bits per heavy atom. The minimum absolute atomic E-state index is 0.00486. The number of esters is 3. The van der Waals surface area contributed by atoms with Crippen LogP contribution in [-0.4, -0.2) is 204 Å². The second-order valence-corrected chi connectivity index (χ2v) is 27.8. The fourth-order valence-electron chi connectivity index (χ4n) is 12.0. The summed E-state index contributed by atoms with van der Waals surface area (Å²) in [4.78, 5) is 50.8. The highest BCUT2D eigenvalue weighted by atomic mass is 31.2. The molecule has 0 bridgehead atoms. The number of allylic oxidation sites excluding steroid dienone is 5. The van der Waals surface area contributed by atoms with E-state index in [1.165, 1.54) is 134 Å². The van der Waals surface area contributed by atoms with Gasteiger partial charge in [-0.15, -0.1) is 0 Å². The van der Waals surface area contributed by atoms with E-state index in [-0.39, 0.29) is 12.8 Å². The highest BCUT2D eigenvalue weighted by molar-refractivity contribution is 7.47. The third kappa shape index (κ3) is 36.2. The van der Waals surface area contributed by atoms with Gasteiger partial charge in [-0.25, -0.2) is 9.36 Å². The standard InChI is InChI=1S/C71H127O24P/c1-4-7-10-13-16-19-22-25-27-29-32-35-38-41-44-47-57(75)90-52(49-87-55(73)45-42-39-36-34-31-28-26-23-20-17-14-11-8-5-2)50-89-96(85,86)95-69-67(93-70-65(83)60(78)58(76)53(48-72)91-70)63(81)62(80)64(82)68(69)94-71-66(84)61(79)59(77)54(92-71)51-88-56(74)46-43-40-37-33-30-24-21-18-15-12-9-6-3/h28,31,38,41,44,47,52-54,58-72,76-84H,4-27,29-30,32-37,39-40,42-43,45-46,48-51H2,1-3H3,(H,85,86)/b31-28-,41-38+,47-44+. The van der Waals surface area contributed by atoms with Crippen molar-refractivity contribution in [3.8, 4) is 0 Å². The lowest BCUT2D eigenvalue weighted by Crippen LogP contribution is -2.69. The molecule has 0 aromatic heterocycles. The summed E-state index contributed by atoms with van der Waals surface area (Å²) in [6, 6.07) is 0. The first-order valence-electron chi connectivity index (χ1n) is 36.8. The Bertz CT molecular complexity index is 2140. The number of phosphoric acid groups is 1. The van der Waals surface area contributed by atoms with Gasteiger partial charge < -0.3 is 89.1 Å². The zero-order valence-corrected chi connectivity index (χ0v) is 59.0. The first kappa shape index (κ1) is 87.4. The Kier molecular flexibility index (Phi) is 48.3. The molecule has 18 unspecified atom stereocenters. The van der Waals surface area contributed by atoms with Crippen LogP contribution in [0.5, 0.6) is 0 Å². The minimum Gasteiger partial charge on any atom is -0.463 e. The molecule has 3 aliphatic rings. The summed E-state index contributed by atoms with van der Waals surface area (Å²) < 4.78 is 64.7. The van der Waals surface area contributed by atoms with Gasteiger partial charge in [0.2, 0.25) is 0 Å². The molecule has 0 aromatic carbocycles. The van der Waals surface area contributed by atoms with Crippen molar-refractivity contribution in [2.45, 2.75) is 369 Å². The van der Waals surface area contributed by atoms with E-state index in [0.717, 1.165) is 96.0 Å². The molecular formula is C71H127O24P. The molecule has 2 heterocycles. The predicted molar refractivity (Wildman–Crippen MR) is 361 cm³/mol. The Morgan fingerprint density at radius 2 is 0.802 bits per heavy atom. The lowest BCUT2D eigenvalue weighted by atomic mass is 9.84. The fourth-order valence-corrected chi connectivity index (χ4v) is 12.9. The molecule has 0 amide bonds. The van der Waals surface area contributed by atoms with E-state index < -0.39 is 156 Å². The molecule has 1 saturated carbocycles. The van der Waals surface area contributed by atoms with E-state index in [0.29, 0.717) is 12.8 Å². The Labute approximate surface area is 572 Å². The highest BCUT2D eigenvalue weighted by Crippen LogP contribution is 2.49. The molecule has 11 N–H and O–H groups in total. The molecule has 3 fully saturated rings. The van der Waals surface area contributed by atoms with E-state index in [9.17, 15) is 74.9 Å². The molecule has 560 valence electrons. The summed E-state index contributed by atoms with van der Waals surface area (Å²) in [5.41, 5.74) is 0. The number of hydrogen-bond donors (Lipinski definition) is 11. The summed E-state index contributed by atoms with van der Waals surface area (Å²) >= 11 is 0. The van der Waals surface area contributed by atoms with Gasteiger partial charge in [0.25, 0.3) is 0 Å². The maximum absolute atomic E-state index is 14.3. The van der Waals surface area contributed by atoms with Crippen LogP contribution in [0.1, 0.15) is 265 Å². The van der Waals surface area contributed by atoms with Crippen molar-refractivity contribution in [1.82, 2.24) is 0 Å². The van der Waals surface area contributed by atoms with Gasteiger partial charge in [0.05, 0.1) is 13.2 Å². The van der Waals surface area contributed by atoms with Crippen molar-refractivity contribution >= 4 is 25.7 Å². The number of carbonyl (C=O) groups is 3. The molecule has 0 radical (unpaired) electrons. The number of aliphatic hydroxyl groups excluding tert-OH is 10. The van der Waals surface area contributed by atoms with Gasteiger partial charge in [0, 0.05) is 18.9 Å². The van der Waals surface area contributed by atoms with Crippen LogP contribution in [0, 0.1) is 0 Å². The molecule has 3 rings (SSSR count). The third-order valence-corrected chi connectivity index (χ3v) is 19.0. The molecule has 18 atom stereocenters. The van der Waals surface area contributed by atoms with E-state index in [1.807, 2.05) is 6.08 Å². The summed E-state index contributed by atoms with van der Waals surface area (Å²) in [5, 5.41) is 110. The van der Waals surface area contributed by atoms with Crippen LogP contribution in [-0.2, 0) is 61.2 Å². The molecular weight excluding hydrogens is 1270 g/mol. The minimum atomic E-state index is -5.72. The first-order chi connectivity index (χ1) is 46.3. The summed E-state index contributed by atoms with van der Waals surface area (Å²) in [6.07, 6.45) is 14.4. The summed E-state index contributed by atoms with van der Waals surface area (Å²) in [5.74, 6) is -2.27. The third-order valence-electron chi connectivity index (χ3n) is 18.0. The monoisotopic (exact) mass is 1390 g/mol. The van der Waals surface area contributed by atoms with Crippen molar-refractivity contribution in [3.05, 3.63) is 36.5 Å². The van der Waals surface area contributed by atoms with Crippen LogP contribution >= 0.6 is 7.82 Å². The summed E-state index contributed by atoms with van der Waals surface area (Å²) in [6.45, 7) is 3.30. The van der Waals surface area contributed by atoms with Gasteiger partial charge in [-0.3, -0.25) is 18.6 Å². The number of carbonyl (C=O) groups excluding carboxylic acids is 3. The average Bonchev–Trinajstić information content (AvgIpc) is 0.788. The van der Waals surface area contributed by atoms with Crippen LogP contribution in [0.4, 0.5) is 0 Å². The molecule has 0 aromatic rings. The average molecular weight is 1400 g/mol. The van der Waals surface area contributed by atoms with Gasteiger partial charge in [-0.05, 0) is 51.4 Å². The molecule has 96 heavy (non-hydrogen) atoms. The van der Waals surface area contributed by atoms with Gasteiger partial charge in [0.1, 0.15) is 98.7 Å². The highest BCUT2D eigenvalue weighted by Gasteiger charge is 2.58. The predicted octanol–water partition coefficient (Wildman–Crippen LogP) is 9.51. The first-order valence-corrected chi connectivity index (χ1v) is 38.3. The van der Waals surface area contributed by atoms with E-state index in [1.54, 1.807) is 6.08 Å². The van der Waals surface area contributed by atoms with Crippen LogP contribution in [0.25, 0.3) is 0 Å². The Morgan fingerprint density at radius 1 is 0.427 bits per heavy atom. The van der Waals surface area contributed by atoms with E-state index in [4.69, 9.17) is 42.2 Å². The zero-order valence-electron chi connectivity index (χ0n) is 58.2. The Hall–Kier alpha value is -2.82. The fraction of sp³-hybridized carbons (Fsp3) is 0.873. The van der Waals surface area contributed by atoms with Gasteiger partial charge >= 0.3 is 25.7 Å². The molecule has 0 spiro atoms. The Balaban J connectivity index is 1.77. The van der Waals surface area contributed by atoms with Gasteiger partial charge in [0.15, 0.2) is 18.7 Å². The quantitative estimate of drug-likeness (QED) is 0.00513. The van der Waals surface area contributed by atoms with Crippen LogP contribution in [0.2, 0.25) is 0 Å². The second kappa shape index (κ2) is 53.1. The normalized spacial score (nSPS) is 28.1. The van der Waals surface area contributed by atoms with E-state index >= 15 is 0 Å². The van der Waals surface area contributed by atoms with E-state index in [2.05, 4.69) is 32.9 Å². The second-order valence-electron chi connectivity index (χ2n) is 26.4. The van der Waals surface area contributed by atoms with Crippen molar-refractivity contribution in [1.29, 1.82) is 0 Å². The number of ether oxygens (including phenoxy) is 7. The SMILES string of the molecule is CCCCCCCCC/C=C\CCCCCC(=O)OCC(COP(=O)(O)OC1C(OC2OC(CO)C(O)C(O)C2O)C(O)C(O)C(O)C1OC1OC(COC(=O)CCCCCCCCCCCCCC)C(O)C(O)C1O)OC(=O)/C=C/C=C/CCCCCCCCCCCCC. The smallest absolute Gasteiger partial charge is 0.463 e. The summed E-state index contributed by atoms with van der Waals surface area (Å²) in [7, 11) is -5.72. The molecule has 24 nitrogen and oxygen atoms in total. The number of unbranched alkanes of at least 4 members (excludes halogenated alkanes) is 32. The van der Waals surface area contributed by atoms with Crippen LogP contribution in [0.3, 0.4) is 0 Å². The number of hydrogen-bond acceptors (Lipinski definition) is 23.